The first-order chi connectivity index (χ1) is 4.31. The predicted octanol–water partition coefficient (Wildman–Crippen LogP) is 1.12. The van der Waals surface area contributed by atoms with Crippen molar-refractivity contribution in [1.29, 1.82) is 0 Å². The van der Waals surface area contributed by atoms with E-state index < -0.39 is 6.10 Å². The lowest BCUT2D eigenvalue weighted by atomic mass is 10.2. The lowest BCUT2D eigenvalue weighted by Gasteiger charge is -1.99. The van der Waals surface area contributed by atoms with E-state index in [-0.39, 0.29) is 0 Å². The minimum absolute atomic E-state index is 0.530. The van der Waals surface area contributed by atoms with Crippen LogP contribution in [0.3, 0.4) is 0 Å². The van der Waals surface area contributed by atoms with Crippen LogP contribution < -0.4 is 0 Å². The van der Waals surface area contributed by atoms with Crippen molar-refractivity contribution in [3.05, 3.63) is 0 Å². The van der Waals surface area contributed by atoms with Crippen molar-refractivity contribution in [2.75, 3.05) is 12.0 Å². The first-order valence-corrected chi connectivity index (χ1v) is 4.33. The first-order valence-electron chi connectivity index (χ1n) is 2.94. The van der Waals surface area contributed by atoms with E-state index in [1.165, 1.54) is 0 Å². The highest BCUT2D eigenvalue weighted by Gasteiger charge is 1.95. The number of aliphatic hydroxyl groups is 1. The van der Waals surface area contributed by atoms with E-state index >= 15 is 0 Å². The standard InChI is InChI=1S/C7H12OS/c1-3-7(8)5-4-6-9-2/h1,7-8H,4-6H2,2H3. The highest BCUT2D eigenvalue weighted by atomic mass is 32.2. The zero-order valence-electron chi connectivity index (χ0n) is 5.63. The summed E-state index contributed by atoms with van der Waals surface area (Å²) in [7, 11) is 0. The Morgan fingerprint density at radius 2 is 2.44 bits per heavy atom. The van der Waals surface area contributed by atoms with Crippen molar-refractivity contribution in [2.45, 2.75) is 18.9 Å². The monoisotopic (exact) mass is 144 g/mol. The van der Waals surface area contributed by atoms with Gasteiger partial charge in [0.25, 0.3) is 0 Å². The van der Waals surface area contributed by atoms with Crippen LogP contribution in [0.4, 0.5) is 0 Å². The fourth-order valence-corrected chi connectivity index (χ4v) is 0.960. The highest BCUT2D eigenvalue weighted by Crippen LogP contribution is 2.01. The van der Waals surface area contributed by atoms with Crippen LogP contribution in [-0.4, -0.2) is 23.2 Å². The molecule has 0 aromatic heterocycles. The number of thioether (sulfide) groups is 1. The van der Waals surface area contributed by atoms with Crippen LogP contribution in [0, 0.1) is 12.3 Å². The van der Waals surface area contributed by atoms with Crippen LogP contribution >= 0.6 is 11.8 Å². The van der Waals surface area contributed by atoms with Crippen LogP contribution in [0.25, 0.3) is 0 Å². The molecule has 0 aromatic carbocycles. The molecule has 0 amide bonds. The summed E-state index contributed by atoms with van der Waals surface area (Å²) in [6.45, 7) is 0. The highest BCUT2D eigenvalue weighted by molar-refractivity contribution is 7.98. The Morgan fingerprint density at radius 3 is 2.89 bits per heavy atom. The molecule has 1 nitrogen and oxygen atoms in total. The van der Waals surface area contributed by atoms with Crippen molar-refractivity contribution in [3.63, 3.8) is 0 Å². The van der Waals surface area contributed by atoms with Crippen molar-refractivity contribution >= 4 is 11.8 Å². The average Bonchev–Trinajstić information content (AvgIpc) is 1.89. The number of hydrogen-bond donors (Lipinski definition) is 1. The van der Waals surface area contributed by atoms with E-state index in [0.717, 1.165) is 18.6 Å². The molecular weight excluding hydrogens is 132 g/mol. The van der Waals surface area contributed by atoms with Crippen molar-refractivity contribution in [2.24, 2.45) is 0 Å². The molecule has 0 aromatic rings. The summed E-state index contributed by atoms with van der Waals surface area (Å²) < 4.78 is 0. The summed E-state index contributed by atoms with van der Waals surface area (Å²) in [6, 6.07) is 0. The third-order valence-corrected chi connectivity index (χ3v) is 1.72. The van der Waals surface area contributed by atoms with Gasteiger partial charge in [0.2, 0.25) is 0 Å². The largest absolute Gasteiger partial charge is 0.380 e. The summed E-state index contributed by atoms with van der Waals surface area (Å²) >= 11 is 1.77. The molecule has 0 heterocycles. The topological polar surface area (TPSA) is 20.2 Å². The molecular formula is C7H12OS. The molecule has 0 saturated heterocycles. The van der Waals surface area contributed by atoms with Crippen LogP contribution in [-0.2, 0) is 0 Å². The van der Waals surface area contributed by atoms with Gasteiger partial charge >= 0.3 is 0 Å². The molecule has 52 valence electrons. The summed E-state index contributed by atoms with van der Waals surface area (Å²) in [6.07, 6.45) is 8.20. The quantitative estimate of drug-likeness (QED) is 0.471. The van der Waals surface area contributed by atoms with E-state index in [4.69, 9.17) is 11.5 Å². The number of aliphatic hydroxyl groups excluding tert-OH is 1. The lowest BCUT2D eigenvalue weighted by Crippen LogP contribution is -2.01. The van der Waals surface area contributed by atoms with Gasteiger partial charge in [-0.1, -0.05) is 5.92 Å². The SMILES string of the molecule is C#CC(O)CCCSC. The van der Waals surface area contributed by atoms with Gasteiger partial charge in [-0.25, -0.2) is 0 Å². The third kappa shape index (κ3) is 5.75. The Kier molecular flexibility index (Phi) is 5.91. The summed E-state index contributed by atoms with van der Waals surface area (Å²) in [5.74, 6) is 3.35. The zero-order chi connectivity index (χ0) is 7.11. The molecule has 1 N–H and O–H groups in total. The fraction of sp³-hybridized carbons (Fsp3) is 0.714. The molecule has 0 fully saturated rings. The molecule has 0 aliphatic heterocycles. The molecule has 0 saturated carbocycles. The summed E-state index contributed by atoms with van der Waals surface area (Å²) in [4.78, 5) is 0. The zero-order valence-corrected chi connectivity index (χ0v) is 6.45. The van der Waals surface area contributed by atoms with Crippen molar-refractivity contribution in [3.8, 4) is 12.3 Å². The van der Waals surface area contributed by atoms with Crippen LogP contribution in [0.15, 0.2) is 0 Å². The first kappa shape index (κ1) is 8.87. The second-order valence-electron chi connectivity index (χ2n) is 1.82. The normalized spacial score (nSPS) is 12.6. The average molecular weight is 144 g/mol. The molecule has 1 unspecified atom stereocenters. The van der Waals surface area contributed by atoms with E-state index in [2.05, 4.69) is 5.92 Å². The maximum Gasteiger partial charge on any atom is 0.114 e. The Hall–Kier alpha value is -0.130. The van der Waals surface area contributed by atoms with Gasteiger partial charge in [-0.15, -0.1) is 6.42 Å². The molecule has 0 bridgehead atoms. The maximum atomic E-state index is 8.84. The van der Waals surface area contributed by atoms with Gasteiger partial charge in [0.1, 0.15) is 6.10 Å². The minimum Gasteiger partial charge on any atom is -0.380 e. The van der Waals surface area contributed by atoms with E-state index in [0.29, 0.717) is 0 Å². The fourth-order valence-electron chi connectivity index (χ4n) is 0.504. The third-order valence-electron chi connectivity index (χ3n) is 1.02. The Morgan fingerprint density at radius 1 is 1.78 bits per heavy atom. The van der Waals surface area contributed by atoms with E-state index in [1.54, 1.807) is 11.8 Å². The Bertz CT molecular complexity index is 95.6. The summed E-state index contributed by atoms with van der Waals surface area (Å²) in [5, 5.41) is 8.84. The lowest BCUT2D eigenvalue weighted by molar-refractivity contribution is 0.221. The maximum absolute atomic E-state index is 8.84. The number of rotatable bonds is 4. The minimum atomic E-state index is -0.530. The smallest absolute Gasteiger partial charge is 0.114 e. The van der Waals surface area contributed by atoms with Crippen molar-refractivity contribution in [1.82, 2.24) is 0 Å². The van der Waals surface area contributed by atoms with Gasteiger partial charge in [0.05, 0.1) is 0 Å². The predicted molar refractivity (Wildman–Crippen MR) is 42.5 cm³/mol. The second-order valence-corrected chi connectivity index (χ2v) is 2.80. The second kappa shape index (κ2) is 6.00. The van der Waals surface area contributed by atoms with E-state index in [9.17, 15) is 0 Å². The van der Waals surface area contributed by atoms with Crippen LogP contribution in [0.5, 0.6) is 0 Å². The summed E-state index contributed by atoms with van der Waals surface area (Å²) in [5.41, 5.74) is 0. The van der Waals surface area contributed by atoms with Gasteiger partial charge in [-0.05, 0) is 24.9 Å². The van der Waals surface area contributed by atoms with Gasteiger partial charge in [0.15, 0.2) is 0 Å². The molecule has 0 spiro atoms. The van der Waals surface area contributed by atoms with Crippen LogP contribution in [0.1, 0.15) is 12.8 Å². The van der Waals surface area contributed by atoms with Crippen molar-refractivity contribution < 1.29 is 5.11 Å². The molecule has 0 rings (SSSR count). The Balaban J connectivity index is 2.99. The van der Waals surface area contributed by atoms with Gasteiger partial charge in [-0.2, -0.15) is 11.8 Å². The van der Waals surface area contributed by atoms with Crippen LogP contribution in [0.2, 0.25) is 0 Å². The number of hydrogen-bond acceptors (Lipinski definition) is 2. The van der Waals surface area contributed by atoms with E-state index in [1.807, 2.05) is 6.26 Å². The molecule has 2 heteroatoms. The van der Waals surface area contributed by atoms with Gasteiger partial charge < -0.3 is 5.11 Å². The number of terminal acetylenes is 1. The molecule has 9 heavy (non-hydrogen) atoms. The molecule has 0 aliphatic rings. The van der Waals surface area contributed by atoms with Gasteiger partial charge in [0, 0.05) is 0 Å². The Labute approximate surface area is 60.8 Å². The van der Waals surface area contributed by atoms with Gasteiger partial charge in [-0.3, -0.25) is 0 Å². The molecule has 0 aliphatic carbocycles. The molecule has 1 atom stereocenters. The molecule has 0 radical (unpaired) electrons.